The van der Waals surface area contributed by atoms with Gasteiger partial charge in [0.1, 0.15) is 41.5 Å². The van der Waals surface area contributed by atoms with Crippen LogP contribution in [-0.2, 0) is 29.3 Å². The molecule has 79 heavy (non-hydrogen) atoms. The second-order valence-corrected chi connectivity index (χ2v) is 20.6. The van der Waals surface area contributed by atoms with Crippen molar-refractivity contribution >= 4 is 6.03 Å². The summed E-state index contributed by atoms with van der Waals surface area (Å²) in [5.41, 5.74) is -1.51. The Morgan fingerprint density at radius 3 is 1.53 bits per heavy atom. The average Bonchev–Trinajstić information content (AvgIpc) is 4.21. The topological polar surface area (TPSA) is 227 Å². The Bertz CT molecular complexity index is 2810. The van der Waals surface area contributed by atoms with Gasteiger partial charge < -0.3 is 48.5 Å². The van der Waals surface area contributed by atoms with Gasteiger partial charge in [0.05, 0.1) is 33.5 Å². The molecule has 19 heteroatoms. The van der Waals surface area contributed by atoms with Crippen molar-refractivity contribution in [2.75, 3.05) is 54.7 Å². The van der Waals surface area contributed by atoms with Crippen molar-refractivity contribution in [3.05, 3.63) is 162 Å². The Morgan fingerprint density at radius 2 is 1.06 bits per heavy atom. The number of benzene rings is 3. The van der Waals surface area contributed by atoms with E-state index in [0.29, 0.717) is 24.5 Å². The molecule has 0 aliphatic carbocycles. The van der Waals surface area contributed by atoms with Gasteiger partial charge in [-0.2, -0.15) is 0 Å². The van der Waals surface area contributed by atoms with E-state index in [1.54, 1.807) is 19.1 Å². The number of aliphatic hydroxyl groups excluding tert-OH is 1. The number of methoxy groups -OCH3 is 4. The van der Waals surface area contributed by atoms with Gasteiger partial charge in [-0.05, 0) is 47.4 Å². The highest BCUT2D eigenvalue weighted by atomic mass is 16.6. The normalized spacial score (nSPS) is 21.0. The second-order valence-electron chi connectivity index (χ2n) is 20.6. The number of nitrogens with zero attached hydrogens (tertiary/aromatic N) is 3. The van der Waals surface area contributed by atoms with Gasteiger partial charge in [0.2, 0.25) is 0 Å². The molecule has 2 fully saturated rings. The molecule has 0 unspecified atom stereocenters. The number of urea groups is 1. The highest BCUT2D eigenvalue weighted by molar-refractivity contribution is 5.74. The van der Waals surface area contributed by atoms with E-state index < -0.39 is 83.0 Å². The maximum Gasteiger partial charge on any atom is 0.330 e. The number of carbonyl (C=O) groups excluding carboxylic acids is 1. The number of H-pyrrole nitrogens is 2. The van der Waals surface area contributed by atoms with Gasteiger partial charge in [0, 0.05) is 57.8 Å². The average molecular weight is 1100 g/mol. The monoisotopic (exact) mass is 1090 g/mol. The van der Waals surface area contributed by atoms with Crippen molar-refractivity contribution in [3.63, 3.8) is 0 Å². The van der Waals surface area contributed by atoms with E-state index in [1.807, 2.05) is 78.9 Å². The molecular weight excluding hydrogens is 1010 g/mol. The fourth-order valence-corrected chi connectivity index (χ4v) is 11.1. The standard InChI is InChI=1S/C60H82N6O13/c1-6-7-8-9-10-11-12-13-14-15-16-17-18-19-23-36-64(40-48-52(69)54(76-5)56(78-48)66-38-35-51(68)63-59(66)72)57(70)61-39-47-49(79-55(53(47)75-4)65-37-34-50(67)62-58(65)71)41-77-60(42-24-21-20-22-25-42,43-26-30-45(73-2)31-27-43)44-28-32-46(74-3)33-29-44/h20-22,24-35,37-38,47-49,52-56,69H,6-19,23,36,39-41H2,1-5H3,(H,61,70)(H,62,67,71)(H,63,68,72)/t47-,48-,49-,52-,53-,54-,55-,56-/m1/s1. The second kappa shape index (κ2) is 30.3. The van der Waals surface area contributed by atoms with Gasteiger partial charge >= 0.3 is 17.4 Å². The van der Waals surface area contributed by atoms with E-state index in [1.165, 1.54) is 108 Å². The van der Waals surface area contributed by atoms with Gasteiger partial charge in [-0.25, -0.2) is 14.4 Å². The van der Waals surface area contributed by atoms with Crippen molar-refractivity contribution in [3.8, 4) is 11.5 Å². The van der Waals surface area contributed by atoms with Gasteiger partial charge in [-0.1, -0.05) is 151 Å². The molecule has 7 rings (SSSR count). The Labute approximate surface area is 462 Å². The zero-order valence-electron chi connectivity index (χ0n) is 46.6. The van der Waals surface area contributed by atoms with E-state index in [4.69, 9.17) is 33.2 Å². The smallest absolute Gasteiger partial charge is 0.330 e. The zero-order valence-corrected chi connectivity index (χ0v) is 46.6. The van der Waals surface area contributed by atoms with E-state index in [2.05, 4.69) is 22.2 Å². The molecule has 19 nitrogen and oxygen atoms in total. The summed E-state index contributed by atoms with van der Waals surface area (Å²) < 4.78 is 45.8. The molecule has 2 saturated heterocycles. The first-order valence-corrected chi connectivity index (χ1v) is 28.1. The number of carbonyl (C=O) groups is 1. The third-order valence-electron chi connectivity index (χ3n) is 15.4. The van der Waals surface area contributed by atoms with E-state index in [-0.39, 0.29) is 19.7 Å². The van der Waals surface area contributed by atoms with Crippen LogP contribution < -0.4 is 37.3 Å². The maximum atomic E-state index is 14.8. The maximum absolute atomic E-state index is 14.8. The first-order valence-electron chi connectivity index (χ1n) is 28.1. The number of hydrogen-bond donors (Lipinski definition) is 4. The van der Waals surface area contributed by atoms with Crippen LogP contribution in [0, 0.1) is 5.92 Å². The lowest BCUT2D eigenvalue weighted by molar-refractivity contribution is -0.0928. The number of amides is 2. The fraction of sp³-hybridized carbons (Fsp3) is 0.550. The molecule has 0 spiro atoms. The Balaban J connectivity index is 1.12. The summed E-state index contributed by atoms with van der Waals surface area (Å²) in [7, 11) is 6.09. The Hall–Kier alpha value is -6.35. The van der Waals surface area contributed by atoms with E-state index >= 15 is 0 Å². The number of aromatic amines is 2. The van der Waals surface area contributed by atoms with Crippen molar-refractivity contribution in [2.45, 2.75) is 152 Å². The molecule has 4 N–H and O–H groups in total. The third-order valence-corrected chi connectivity index (χ3v) is 15.4. The lowest BCUT2D eigenvalue weighted by Gasteiger charge is -2.37. The number of ether oxygens (including phenoxy) is 7. The van der Waals surface area contributed by atoms with Gasteiger partial charge in [-0.15, -0.1) is 0 Å². The van der Waals surface area contributed by atoms with Gasteiger partial charge in [-0.3, -0.25) is 28.7 Å². The number of unbranched alkanes of at least 4 members (excludes halogenated alkanes) is 14. The SMILES string of the molecule is CCCCCCCCCCCCCCCCCN(C[C@H]1O[C@@H](n2ccc(=O)[nH]c2=O)[C@H](OC)[C@@H]1O)C(=O)NC[C@H]1[C@@H](OC)[C@H](n2ccc(=O)[nH]c2=O)O[C@@H]1COC(c1ccccc1)(c1ccc(OC)cc1)c1ccc(OC)cc1. The van der Waals surface area contributed by atoms with Crippen LogP contribution in [0.4, 0.5) is 4.79 Å². The minimum Gasteiger partial charge on any atom is -0.497 e. The number of rotatable bonds is 32. The van der Waals surface area contributed by atoms with Gasteiger partial charge in [0.15, 0.2) is 12.5 Å². The predicted molar refractivity (Wildman–Crippen MR) is 300 cm³/mol. The van der Waals surface area contributed by atoms with Crippen LogP contribution in [0.15, 0.2) is 123 Å². The van der Waals surface area contributed by atoms with Crippen LogP contribution in [0.1, 0.15) is 132 Å². The summed E-state index contributed by atoms with van der Waals surface area (Å²) in [6, 6.07) is 26.9. The highest BCUT2D eigenvalue weighted by Gasteiger charge is 2.50. The summed E-state index contributed by atoms with van der Waals surface area (Å²) in [5, 5.41) is 14.8. The first-order chi connectivity index (χ1) is 38.4. The van der Waals surface area contributed by atoms with Crippen LogP contribution in [0.3, 0.4) is 0 Å². The number of aliphatic hydroxyl groups is 1. The van der Waals surface area contributed by atoms with E-state index in [9.17, 15) is 29.1 Å². The van der Waals surface area contributed by atoms with Crippen LogP contribution in [0.5, 0.6) is 11.5 Å². The Kier molecular flexibility index (Phi) is 23.1. The van der Waals surface area contributed by atoms with Crippen molar-refractivity contribution < 1.29 is 43.1 Å². The lowest BCUT2D eigenvalue weighted by atomic mass is 9.80. The van der Waals surface area contributed by atoms with Crippen LogP contribution >= 0.6 is 0 Å². The molecule has 2 aliphatic rings. The zero-order chi connectivity index (χ0) is 56.2. The molecule has 2 aromatic heterocycles. The summed E-state index contributed by atoms with van der Waals surface area (Å²) in [4.78, 5) is 71.7. The molecule has 2 amide bonds. The van der Waals surface area contributed by atoms with Crippen molar-refractivity contribution in [2.24, 2.45) is 5.92 Å². The molecule has 0 saturated carbocycles. The highest BCUT2D eigenvalue weighted by Crippen LogP contribution is 2.44. The molecule has 2 aliphatic heterocycles. The first kappa shape index (κ1) is 60.3. The predicted octanol–water partition coefficient (Wildman–Crippen LogP) is 7.80. The molecule has 8 atom stereocenters. The number of hydrogen-bond acceptors (Lipinski definition) is 13. The fourth-order valence-electron chi connectivity index (χ4n) is 11.1. The van der Waals surface area contributed by atoms with Crippen LogP contribution in [0.2, 0.25) is 0 Å². The van der Waals surface area contributed by atoms with Crippen molar-refractivity contribution in [1.29, 1.82) is 0 Å². The quantitative estimate of drug-likeness (QED) is 0.0239. The molecule has 0 bridgehead atoms. The largest absolute Gasteiger partial charge is 0.497 e. The number of nitrogens with one attached hydrogen (secondary N) is 3. The molecule has 430 valence electrons. The van der Waals surface area contributed by atoms with Gasteiger partial charge in [0.25, 0.3) is 11.1 Å². The molecule has 0 radical (unpaired) electrons. The minimum atomic E-state index is -1.26. The molecule has 3 aromatic carbocycles. The summed E-state index contributed by atoms with van der Waals surface area (Å²) in [5.74, 6) is 0.642. The molecular formula is C60H82N6O13. The summed E-state index contributed by atoms with van der Waals surface area (Å²) in [6.45, 7) is 2.38. The molecule has 5 aromatic rings. The molecule has 4 heterocycles. The van der Waals surface area contributed by atoms with Crippen LogP contribution in [0.25, 0.3) is 0 Å². The third kappa shape index (κ3) is 15.5. The lowest BCUT2D eigenvalue weighted by Crippen LogP contribution is -2.50. The van der Waals surface area contributed by atoms with E-state index in [0.717, 1.165) is 46.9 Å². The van der Waals surface area contributed by atoms with Crippen molar-refractivity contribution in [1.82, 2.24) is 29.3 Å². The minimum absolute atomic E-state index is 0.0249. The summed E-state index contributed by atoms with van der Waals surface area (Å²) in [6.07, 6.45) is 13.3. The Morgan fingerprint density at radius 1 is 0.608 bits per heavy atom. The van der Waals surface area contributed by atoms with Crippen LogP contribution in [-0.4, -0.2) is 120 Å². The summed E-state index contributed by atoms with van der Waals surface area (Å²) >= 11 is 0. The number of aromatic nitrogens is 4.